The quantitative estimate of drug-likeness (QED) is 0.262. The van der Waals surface area contributed by atoms with Crippen LogP contribution in [0.15, 0.2) is 68.4 Å². The van der Waals surface area contributed by atoms with Gasteiger partial charge in [-0.3, -0.25) is 19.3 Å². The molecule has 1 fully saturated rings. The molecule has 0 bridgehead atoms. The van der Waals surface area contributed by atoms with Crippen LogP contribution in [0.5, 0.6) is 5.75 Å². The van der Waals surface area contributed by atoms with Crippen molar-refractivity contribution >= 4 is 84.0 Å². The van der Waals surface area contributed by atoms with Crippen LogP contribution < -0.4 is 10.1 Å². The molecule has 1 N–H and O–H groups in total. The maximum absolute atomic E-state index is 12.9. The molecule has 1 aliphatic rings. The zero-order chi connectivity index (χ0) is 26.7. The standard InChI is InChI=1S/C27H21Br2ClN2O4S/c1-15-7-8-16(2)22(9-15)31-24(33)13-32-26(34)23(37-27(32)35)12-17-10-19(28)25(20(29)11-17)36-14-18-5-3-4-6-21(18)30/h3-12H,13-14H2,1-2H3,(H,31,33)/b23-12+. The van der Waals surface area contributed by atoms with E-state index < -0.39 is 17.1 Å². The van der Waals surface area contributed by atoms with Gasteiger partial charge in [0.1, 0.15) is 18.9 Å². The molecule has 0 aromatic heterocycles. The van der Waals surface area contributed by atoms with Crippen molar-refractivity contribution in [1.29, 1.82) is 0 Å². The highest BCUT2D eigenvalue weighted by molar-refractivity contribution is 9.11. The summed E-state index contributed by atoms with van der Waals surface area (Å²) < 4.78 is 7.26. The number of ether oxygens (including phenoxy) is 1. The molecule has 3 aromatic rings. The average molecular weight is 665 g/mol. The second kappa shape index (κ2) is 11.9. The molecule has 4 rings (SSSR count). The number of hydrogen-bond donors (Lipinski definition) is 1. The summed E-state index contributed by atoms with van der Waals surface area (Å²) in [6, 6.07) is 16.7. The molecule has 0 radical (unpaired) electrons. The van der Waals surface area contributed by atoms with Gasteiger partial charge in [-0.05, 0) is 105 Å². The fourth-order valence-electron chi connectivity index (χ4n) is 3.56. The highest BCUT2D eigenvalue weighted by atomic mass is 79.9. The molecule has 1 heterocycles. The lowest BCUT2D eigenvalue weighted by atomic mass is 10.1. The first-order valence-corrected chi connectivity index (χ1v) is 13.9. The van der Waals surface area contributed by atoms with Crippen LogP contribution in [0, 0.1) is 13.8 Å². The van der Waals surface area contributed by atoms with Crippen molar-refractivity contribution in [1.82, 2.24) is 4.90 Å². The van der Waals surface area contributed by atoms with Crippen molar-refractivity contribution in [2.75, 3.05) is 11.9 Å². The molecule has 37 heavy (non-hydrogen) atoms. The number of thioether (sulfide) groups is 1. The molecule has 0 atom stereocenters. The van der Waals surface area contributed by atoms with Gasteiger partial charge in [0.05, 0.1) is 13.9 Å². The summed E-state index contributed by atoms with van der Waals surface area (Å²) in [6.07, 6.45) is 1.61. The SMILES string of the molecule is Cc1ccc(C)c(NC(=O)CN2C(=O)S/C(=C/c3cc(Br)c(OCc4ccccc4Cl)c(Br)c3)C2=O)c1. The van der Waals surface area contributed by atoms with Crippen LogP contribution in [0.3, 0.4) is 0 Å². The highest BCUT2D eigenvalue weighted by Gasteiger charge is 2.36. The summed E-state index contributed by atoms with van der Waals surface area (Å²) in [7, 11) is 0. The van der Waals surface area contributed by atoms with Gasteiger partial charge in [-0.15, -0.1) is 0 Å². The number of nitrogens with zero attached hydrogens (tertiary/aromatic N) is 1. The summed E-state index contributed by atoms with van der Waals surface area (Å²) in [5.41, 5.74) is 4.06. The van der Waals surface area contributed by atoms with Crippen LogP contribution in [0.25, 0.3) is 6.08 Å². The molecule has 190 valence electrons. The van der Waals surface area contributed by atoms with Crippen LogP contribution in [-0.2, 0) is 16.2 Å². The largest absolute Gasteiger partial charge is 0.486 e. The summed E-state index contributed by atoms with van der Waals surface area (Å²) in [4.78, 5) is 39.2. The molecule has 6 nitrogen and oxygen atoms in total. The Morgan fingerprint density at radius 2 is 1.78 bits per heavy atom. The number of halogens is 3. The smallest absolute Gasteiger partial charge is 0.294 e. The van der Waals surface area contributed by atoms with Gasteiger partial charge in [-0.2, -0.15) is 0 Å². The molecule has 0 saturated carbocycles. The summed E-state index contributed by atoms with van der Waals surface area (Å²) >= 11 is 14.0. The maximum Gasteiger partial charge on any atom is 0.294 e. The molecule has 1 aliphatic heterocycles. The number of anilines is 1. The second-order valence-electron chi connectivity index (χ2n) is 8.33. The van der Waals surface area contributed by atoms with Crippen LogP contribution in [-0.4, -0.2) is 28.5 Å². The van der Waals surface area contributed by atoms with Crippen molar-refractivity contribution < 1.29 is 19.1 Å². The average Bonchev–Trinajstić information content (AvgIpc) is 3.09. The van der Waals surface area contributed by atoms with E-state index in [4.69, 9.17) is 16.3 Å². The lowest BCUT2D eigenvalue weighted by Gasteiger charge is -2.14. The van der Waals surface area contributed by atoms with Crippen LogP contribution >= 0.6 is 55.2 Å². The van der Waals surface area contributed by atoms with E-state index in [0.29, 0.717) is 31.0 Å². The van der Waals surface area contributed by atoms with Crippen molar-refractivity contribution in [2.45, 2.75) is 20.5 Å². The van der Waals surface area contributed by atoms with Crippen molar-refractivity contribution in [3.63, 3.8) is 0 Å². The van der Waals surface area contributed by atoms with E-state index in [1.54, 1.807) is 24.3 Å². The van der Waals surface area contributed by atoms with Gasteiger partial charge in [0, 0.05) is 16.3 Å². The van der Waals surface area contributed by atoms with Crippen LogP contribution in [0.2, 0.25) is 5.02 Å². The van der Waals surface area contributed by atoms with Crippen molar-refractivity contribution in [3.05, 3.63) is 95.7 Å². The van der Waals surface area contributed by atoms with Gasteiger partial charge in [0.15, 0.2) is 0 Å². The number of imide groups is 1. The number of benzene rings is 3. The number of carbonyl (C=O) groups excluding carboxylic acids is 3. The Bertz CT molecular complexity index is 1420. The zero-order valence-electron chi connectivity index (χ0n) is 19.8. The van der Waals surface area contributed by atoms with E-state index in [0.717, 1.165) is 33.4 Å². The van der Waals surface area contributed by atoms with Crippen molar-refractivity contribution in [2.24, 2.45) is 0 Å². The Morgan fingerprint density at radius 3 is 2.49 bits per heavy atom. The lowest BCUT2D eigenvalue weighted by molar-refractivity contribution is -0.127. The fourth-order valence-corrected chi connectivity index (χ4v) is 6.04. The topological polar surface area (TPSA) is 75.7 Å². The third-order valence-corrected chi connectivity index (χ3v) is 7.94. The second-order valence-corrected chi connectivity index (χ2v) is 11.4. The number of amides is 3. The van der Waals surface area contributed by atoms with E-state index in [2.05, 4.69) is 37.2 Å². The minimum Gasteiger partial charge on any atom is -0.486 e. The Hall–Kier alpha value is -2.59. The minimum atomic E-state index is -0.516. The molecule has 10 heteroatoms. The third-order valence-electron chi connectivity index (χ3n) is 5.49. The number of aryl methyl sites for hydroxylation is 2. The number of rotatable bonds is 7. The Balaban J connectivity index is 1.45. The first kappa shape index (κ1) is 27.4. The van der Waals surface area contributed by atoms with Gasteiger partial charge in [0.2, 0.25) is 5.91 Å². The highest BCUT2D eigenvalue weighted by Crippen LogP contribution is 2.38. The molecule has 0 unspecified atom stereocenters. The van der Waals surface area contributed by atoms with E-state index in [1.807, 2.05) is 50.2 Å². The Morgan fingerprint density at radius 1 is 1.08 bits per heavy atom. The monoisotopic (exact) mass is 662 g/mol. The summed E-state index contributed by atoms with van der Waals surface area (Å²) in [5.74, 6) is -0.381. The van der Waals surface area contributed by atoms with Gasteiger partial charge < -0.3 is 10.1 Å². The molecular weight excluding hydrogens is 644 g/mol. The normalized spacial score (nSPS) is 14.4. The predicted octanol–water partition coefficient (Wildman–Crippen LogP) is 7.74. The van der Waals surface area contributed by atoms with Gasteiger partial charge in [0.25, 0.3) is 11.1 Å². The van der Waals surface area contributed by atoms with E-state index in [-0.39, 0.29) is 18.1 Å². The minimum absolute atomic E-state index is 0.230. The third kappa shape index (κ3) is 6.65. The molecule has 3 aromatic carbocycles. The maximum atomic E-state index is 12.9. The number of hydrogen-bond acceptors (Lipinski definition) is 5. The number of nitrogens with one attached hydrogen (secondary N) is 1. The van der Waals surface area contributed by atoms with E-state index in [1.165, 1.54) is 0 Å². The Labute approximate surface area is 240 Å². The predicted molar refractivity (Wildman–Crippen MR) is 155 cm³/mol. The summed E-state index contributed by atoms with van der Waals surface area (Å²) in [5, 5.41) is 2.90. The van der Waals surface area contributed by atoms with Crippen LogP contribution in [0.4, 0.5) is 10.5 Å². The first-order valence-electron chi connectivity index (χ1n) is 11.1. The molecule has 1 saturated heterocycles. The fraction of sp³-hybridized carbons (Fsp3) is 0.148. The summed E-state index contributed by atoms with van der Waals surface area (Å²) in [6.45, 7) is 3.71. The lowest BCUT2D eigenvalue weighted by Crippen LogP contribution is -2.36. The van der Waals surface area contributed by atoms with E-state index in [9.17, 15) is 14.4 Å². The van der Waals surface area contributed by atoms with E-state index >= 15 is 0 Å². The van der Waals surface area contributed by atoms with Gasteiger partial charge in [-0.1, -0.05) is 41.9 Å². The first-order chi connectivity index (χ1) is 17.6. The van der Waals surface area contributed by atoms with Gasteiger partial charge >= 0.3 is 0 Å². The molecular formula is C27H21Br2ClN2O4S. The molecule has 3 amide bonds. The zero-order valence-corrected chi connectivity index (χ0v) is 24.6. The Kier molecular flexibility index (Phi) is 8.79. The van der Waals surface area contributed by atoms with Crippen molar-refractivity contribution in [3.8, 4) is 5.75 Å². The molecule has 0 aliphatic carbocycles. The van der Waals surface area contributed by atoms with Crippen LogP contribution in [0.1, 0.15) is 22.3 Å². The number of carbonyl (C=O) groups is 3. The van der Waals surface area contributed by atoms with Gasteiger partial charge in [-0.25, -0.2) is 0 Å². The molecule has 0 spiro atoms.